The number of methoxy groups -OCH3 is 1. The summed E-state index contributed by atoms with van der Waals surface area (Å²) >= 11 is 0. The van der Waals surface area contributed by atoms with E-state index in [4.69, 9.17) is 4.74 Å². The van der Waals surface area contributed by atoms with Crippen LogP contribution in [0.3, 0.4) is 0 Å². The summed E-state index contributed by atoms with van der Waals surface area (Å²) in [5.74, 6) is 1.87. The number of rotatable bonds is 3. The van der Waals surface area contributed by atoms with Crippen LogP contribution in [0.5, 0.6) is 0 Å². The highest BCUT2D eigenvalue weighted by atomic mass is 16.5. The van der Waals surface area contributed by atoms with Crippen molar-refractivity contribution in [3.05, 3.63) is 0 Å². The molecule has 3 nitrogen and oxygen atoms in total. The molecule has 1 aliphatic heterocycles. The van der Waals surface area contributed by atoms with Crippen molar-refractivity contribution in [1.29, 1.82) is 0 Å². The van der Waals surface area contributed by atoms with E-state index in [1.165, 1.54) is 26.4 Å². The molecule has 4 atom stereocenters. The van der Waals surface area contributed by atoms with Crippen molar-refractivity contribution in [1.82, 2.24) is 4.90 Å². The first-order valence-corrected chi connectivity index (χ1v) is 6.88. The lowest BCUT2D eigenvalue weighted by Gasteiger charge is -2.44. The fourth-order valence-electron chi connectivity index (χ4n) is 3.26. The smallest absolute Gasteiger partial charge is 0.323 e. The number of carbonyl (C=O) groups is 1. The summed E-state index contributed by atoms with van der Waals surface area (Å²) in [4.78, 5) is 14.4. The number of piperidine rings is 1. The predicted molar refractivity (Wildman–Crippen MR) is 67.6 cm³/mol. The summed E-state index contributed by atoms with van der Waals surface area (Å²) in [6, 6.07) is 0.510. The molecule has 1 saturated carbocycles. The zero-order valence-corrected chi connectivity index (χ0v) is 11.5. The second-order valence-corrected chi connectivity index (χ2v) is 6.06. The first kappa shape index (κ1) is 12.9. The van der Waals surface area contributed by atoms with Gasteiger partial charge in [-0.3, -0.25) is 9.69 Å². The Bertz CT molecular complexity index is 288. The molecule has 0 aromatic carbocycles. The summed E-state index contributed by atoms with van der Waals surface area (Å²) < 4.78 is 5.01. The van der Waals surface area contributed by atoms with Crippen molar-refractivity contribution in [2.45, 2.75) is 52.1 Å². The van der Waals surface area contributed by atoms with Gasteiger partial charge >= 0.3 is 5.97 Å². The van der Waals surface area contributed by atoms with E-state index in [9.17, 15) is 4.79 Å². The molecule has 2 fully saturated rings. The SMILES string of the molecule is COC(=O)C(C1CC1)N1CC(C)CC(C)C1C. The highest BCUT2D eigenvalue weighted by molar-refractivity contribution is 5.76. The van der Waals surface area contributed by atoms with Gasteiger partial charge in [0.1, 0.15) is 6.04 Å². The van der Waals surface area contributed by atoms with Gasteiger partial charge in [0.2, 0.25) is 0 Å². The van der Waals surface area contributed by atoms with Gasteiger partial charge in [0, 0.05) is 12.6 Å². The third-order valence-corrected chi connectivity index (χ3v) is 4.51. The van der Waals surface area contributed by atoms with E-state index in [1.54, 1.807) is 0 Å². The molecule has 17 heavy (non-hydrogen) atoms. The number of carbonyl (C=O) groups excluding carboxylic acids is 1. The molecule has 1 heterocycles. The Balaban J connectivity index is 2.13. The van der Waals surface area contributed by atoms with Crippen molar-refractivity contribution in [2.24, 2.45) is 17.8 Å². The van der Waals surface area contributed by atoms with Gasteiger partial charge in [-0.1, -0.05) is 13.8 Å². The minimum absolute atomic E-state index is 0.0141. The first-order chi connectivity index (χ1) is 8.04. The highest BCUT2D eigenvalue weighted by Crippen LogP contribution is 2.39. The molecule has 2 rings (SSSR count). The lowest BCUT2D eigenvalue weighted by atomic mass is 9.84. The van der Waals surface area contributed by atoms with Crippen LogP contribution in [0.15, 0.2) is 0 Å². The number of ether oxygens (including phenoxy) is 1. The Morgan fingerprint density at radius 3 is 2.47 bits per heavy atom. The maximum atomic E-state index is 12.0. The van der Waals surface area contributed by atoms with Crippen LogP contribution >= 0.6 is 0 Å². The van der Waals surface area contributed by atoms with Crippen LogP contribution in [-0.4, -0.2) is 36.6 Å². The van der Waals surface area contributed by atoms with Gasteiger partial charge in [-0.05, 0) is 43.9 Å². The second-order valence-electron chi connectivity index (χ2n) is 6.06. The fourth-order valence-corrected chi connectivity index (χ4v) is 3.26. The monoisotopic (exact) mass is 239 g/mol. The molecule has 1 aliphatic carbocycles. The summed E-state index contributed by atoms with van der Waals surface area (Å²) in [6.07, 6.45) is 3.65. The van der Waals surface area contributed by atoms with Crippen molar-refractivity contribution in [3.8, 4) is 0 Å². The van der Waals surface area contributed by atoms with Crippen LogP contribution in [0.2, 0.25) is 0 Å². The molecule has 1 saturated heterocycles. The third-order valence-electron chi connectivity index (χ3n) is 4.51. The lowest BCUT2D eigenvalue weighted by Crippen LogP contribution is -2.54. The summed E-state index contributed by atoms with van der Waals surface area (Å²) in [5, 5.41) is 0. The molecule has 3 heteroatoms. The average Bonchev–Trinajstić information content (AvgIpc) is 3.09. The van der Waals surface area contributed by atoms with Gasteiger partial charge in [-0.25, -0.2) is 0 Å². The van der Waals surface area contributed by atoms with E-state index < -0.39 is 0 Å². The molecule has 0 bridgehead atoms. The number of likely N-dealkylation sites (tertiary alicyclic amines) is 1. The van der Waals surface area contributed by atoms with Crippen LogP contribution in [0.25, 0.3) is 0 Å². The molecule has 4 unspecified atom stereocenters. The molecule has 0 aromatic heterocycles. The van der Waals surface area contributed by atoms with E-state index in [2.05, 4.69) is 25.7 Å². The van der Waals surface area contributed by atoms with Gasteiger partial charge in [-0.15, -0.1) is 0 Å². The average molecular weight is 239 g/mol. The minimum Gasteiger partial charge on any atom is -0.468 e. The molecule has 0 aromatic rings. The van der Waals surface area contributed by atoms with E-state index in [0.717, 1.165) is 6.54 Å². The second kappa shape index (κ2) is 4.97. The Hall–Kier alpha value is -0.570. The van der Waals surface area contributed by atoms with Gasteiger partial charge in [0.15, 0.2) is 0 Å². The minimum atomic E-state index is -0.0272. The van der Waals surface area contributed by atoms with E-state index in [-0.39, 0.29) is 12.0 Å². The maximum absolute atomic E-state index is 12.0. The number of esters is 1. The Morgan fingerprint density at radius 2 is 1.94 bits per heavy atom. The Labute approximate surface area is 105 Å². The first-order valence-electron chi connectivity index (χ1n) is 6.88. The van der Waals surface area contributed by atoms with Crippen LogP contribution in [0.1, 0.15) is 40.0 Å². The molecule has 0 spiro atoms. The van der Waals surface area contributed by atoms with Crippen LogP contribution in [0.4, 0.5) is 0 Å². The summed E-state index contributed by atoms with van der Waals surface area (Å²) in [6.45, 7) is 7.89. The van der Waals surface area contributed by atoms with Crippen LogP contribution < -0.4 is 0 Å². The Kier molecular flexibility index (Phi) is 3.76. The van der Waals surface area contributed by atoms with Crippen molar-refractivity contribution in [3.63, 3.8) is 0 Å². The predicted octanol–water partition coefficient (Wildman–Crippen LogP) is 2.30. The van der Waals surface area contributed by atoms with Crippen LogP contribution in [0, 0.1) is 17.8 Å². The van der Waals surface area contributed by atoms with Gasteiger partial charge in [-0.2, -0.15) is 0 Å². The zero-order valence-electron chi connectivity index (χ0n) is 11.5. The Morgan fingerprint density at radius 1 is 1.29 bits per heavy atom. The number of hydrogen-bond donors (Lipinski definition) is 0. The van der Waals surface area contributed by atoms with E-state index in [0.29, 0.717) is 23.8 Å². The highest BCUT2D eigenvalue weighted by Gasteiger charge is 2.45. The van der Waals surface area contributed by atoms with Gasteiger partial charge < -0.3 is 4.74 Å². The zero-order chi connectivity index (χ0) is 12.6. The van der Waals surface area contributed by atoms with Gasteiger partial charge in [0.25, 0.3) is 0 Å². The summed E-state index contributed by atoms with van der Waals surface area (Å²) in [7, 11) is 1.51. The fraction of sp³-hybridized carbons (Fsp3) is 0.929. The van der Waals surface area contributed by atoms with E-state index >= 15 is 0 Å². The van der Waals surface area contributed by atoms with Crippen molar-refractivity contribution < 1.29 is 9.53 Å². The lowest BCUT2D eigenvalue weighted by molar-refractivity contribution is -0.150. The normalized spacial score (nSPS) is 36.6. The molecule has 98 valence electrons. The largest absolute Gasteiger partial charge is 0.468 e. The van der Waals surface area contributed by atoms with Crippen molar-refractivity contribution >= 4 is 5.97 Å². The third kappa shape index (κ3) is 2.65. The molecule has 0 N–H and O–H groups in total. The molecule has 0 amide bonds. The number of hydrogen-bond acceptors (Lipinski definition) is 3. The maximum Gasteiger partial charge on any atom is 0.323 e. The topological polar surface area (TPSA) is 29.5 Å². The van der Waals surface area contributed by atoms with E-state index in [1.807, 2.05) is 0 Å². The molecular formula is C14H25NO2. The van der Waals surface area contributed by atoms with Crippen molar-refractivity contribution in [2.75, 3.05) is 13.7 Å². The van der Waals surface area contributed by atoms with Gasteiger partial charge in [0.05, 0.1) is 7.11 Å². The molecular weight excluding hydrogens is 214 g/mol. The standard InChI is InChI=1S/C14H25NO2/c1-9-7-10(2)11(3)15(8-9)13(12-5-6-12)14(16)17-4/h9-13H,5-8H2,1-4H3. The number of nitrogens with zero attached hydrogens (tertiary/aromatic N) is 1. The molecule has 2 aliphatic rings. The van der Waals surface area contributed by atoms with Crippen LogP contribution in [-0.2, 0) is 9.53 Å². The molecule has 0 radical (unpaired) electrons. The summed E-state index contributed by atoms with van der Waals surface area (Å²) in [5.41, 5.74) is 0. The quantitative estimate of drug-likeness (QED) is 0.708.